The van der Waals surface area contributed by atoms with Crippen LogP contribution in [0.25, 0.3) is 10.9 Å². The summed E-state index contributed by atoms with van der Waals surface area (Å²) in [6, 6.07) is 15.1. The van der Waals surface area contributed by atoms with E-state index in [1.54, 1.807) is 36.4 Å². The minimum Gasteiger partial charge on any atom is -0.486 e. The number of aryl methyl sites for hydroxylation is 1. The summed E-state index contributed by atoms with van der Waals surface area (Å²) in [7, 11) is 0. The number of aromatic nitrogens is 2. The molecular weight excluding hydrogens is 581 g/mol. The van der Waals surface area contributed by atoms with E-state index in [0.717, 1.165) is 17.3 Å². The number of nitrogens with zero attached hydrogens (tertiary/aromatic N) is 3. The predicted octanol–water partition coefficient (Wildman–Crippen LogP) is 6.97. The number of carboxylic acid groups (broad SMARTS) is 1. The quantitative estimate of drug-likeness (QED) is 0.209. The molecule has 0 unspecified atom stereocenters. The number of carboxylic acids is 1. The average Bonchev–Trinajstić information content (AvgIpc) is 2.87. The first kappa shape index (κ1) is 26.9. The lowest BCUT2D eigenvalue weighted by atomic mass is 10.1. The SMILES string of the molecule is CCCCc1nc2ccc(Br)cc2c(=O)n1N=Cc1cc(Cl)c(OCc2cccc(C(=O)O)c2)c(Cl)c1. The van der Waals surface area contributed by atoms with Crippen molar-refractivity contribution in [2.24, 2.45) is 5.10 Å². The van der Waals surface area contributed by atoms with Crippen LogP contribution in [0, 0.1) is 0 Å². The fourth-order valence-electron chi connectivity index (χ4n) is 3.68. The van der Waals surface area contributed by atoms with Gasteiger partial charge in [-0.05, 0) is 60.0 Å². The Kier molecular flexibility index (Phi) is 8.63. The largest absolute Gasteiger partial charge is 0.486 e. The van der Waals surface area contributed by atoms with Crippen LogP contribution in [0.2, 0.25) is 10.0 Å². The third-order valence-electron chi connectivity index (χ3n) is 5.53. The fourth-order valence-corrected chi connectivity index (χ4v) is 4.65. The Bertz CT molecular complexity index is 1550. The van der Waals surface area contributed by atoms with Gasteiger partial charge in [-0.3, -0.25) is 4.79 Å². The maximum Gasteiger partial charge on any atom is 0.335 e. The maximum atomic E-state index is 13.2. The predicted molar refractivity (Wildman–Crippen MR) is 150 cm³/mol. The van der Waals surface area contributed by atoms with E-state index in [-0.39, 0.29) is 33.5 Å². The van der Waals surface area contributed by atoms with Crippen molar-refractivity contribution in [3.05, 3.63) is 102 Å². The van der Waals surface area contributed by atoms with Crippen molar-refractivity contribution in [3.8, 4) is 5.75 Å². The second kappa shape index (κ2) is 11.9. The van der Waals surface area contributed by atoms with Gasteiger partial charge in [-0.15, -0.1) is 0 Å². The van der Waals surface area contributed by atoms with Gasteiger partial charge in [-0.25, -0.2) is 9.78 Å². The van der Waals surface area contributed by atoms with Gasteiger partial charge in [0, 0.05) is 10.9 Å². The van der Waals surface area contributed by atoms with Gasteiger partial charge >= 0.3 is 5.97 Å². The number of fused-ring (bicyclic) bond motifs is 1. The van der Waals surface area contributed by atoms with Gasteiger partial charge in [0.1, 0.15) is 12.4 Å². The molecule has 0 amide bonds. The lowest BCUT2D eigenvalue weighted by molar-refractivity contribution is 0.0696. The normalized spacial score (nSPS) is 11.4. The van der Waals surface area contributed by atoms with E-state index in [0.29, 0.717) is 34.3 Å². The monoisotopic (exact) mass is 601 g/mol. The van der Waals surface area contributed by atoms with Crippen LogP contribution in [0.4, 0.5) is 0 Å². The van der Waals surface area contributed by atoms with Gasteiger partial charge in [-0.2, -0.15) is 9.78 Å². The van der Waals surface area contributed by atoms with E-state index in [1.165, 1.54) is 23.0 Å². The summed E-state index contributed by atoms with van der Waals surface area (Å²) in [5.74, 6) is -0.189. The first-order valence-electron chi connectivity index (χ1n) is 11.5. The van der Waals surface area contributed by atoms with E-state index < -0.39 is 5.97 Å². The average molecular weight is 603 g/mol. The maximum absolute atomic E-state index is 13.2. The summed E-state index contributed by atoms with van der Waals surface area (Å²) < 4.78 is 7.87. The number of hydrogen-bond acceptors (Lipinski definition) is 5. The van der Waals surface area contributed by atoms with Crippen molar-refractivity contribution in [1.29, 1.82) is 0 Å². The van der Waals surface area contributed by atoms with Gasteiger partial charge in [0.25, 0.3) is 5.56 Å². The highest BCUT2D eigenvalue weighted by Crippen LogP contribution is 2.34. The minimum absolute atomic E-state index is 0.0858. The molecule has 3 aromatic carbocycles. The first-order valence-corrected chi connectivity index (χ1v) is 13.0. The molecule has 0 spiro atoms. The smallest absolute Gasteiger partial charge is 0.335 e. The molecule has 0 fully saturated rings. The van der Waals surface area contributed by atoms with Crippen LogP contribution in [0.3, 0.4) is 0 Å². The van der Waals surface area contributed by atoms with Crippen LogP contribution < -0.4 is 10.3 Å². The molecule has 1 aromatic heterocycles. The summed E-state index contributed by atoms with van der Waals surface area (Å²) >= 11 is 16.3. The summed E-state index contributed by atoms with van der Waals surface area (Å²) in [5.41, 5.74) is 1.74. The van der Waals surface area contributed by atoms with Gasteiger partial charge < -0.3 is 9.84 Å². The molecule has 4 aromatic rings. The molecule has 0 aliphatic carbocycles. The number of ether oxygens (including phenoxy) is 1. The minimum atomic E-state index is -1.02. The Hall–Kier alpha value is -3.20. The molecule has 7 nitrogen and oxygen atoms in total. The van der Waals surface area contributed by atoms with Crippen molar-refractivity contribution in [1.82, 2.24) is 9.66 Å². The molecule has 1 N–H and O–H groups in total. The summed E-state index contributed by atoms with van der Waals surface area (Å²) in [6.45, 7) is 2.16. The Morgan fingerprint density at radius 3 is 2.62 bits per heavy atom. The van der Waals surface area contributed by atoms with Crippen LogP contribution in [-0.4, -0.2) is 27.0 Å². The van der Waals surface area contributed by atoms with Crippen LogP contribution in [0.15, 0.2) is 69.0 Å². The standard InChI is InChI=1S/C27H22BrCl2N3O4/c1-2-3-7-24-32-23-9-8-19(28)13-20(23)26(34)33(24)31-14-17-11-21(29)25(22(30)12-17)37-15-16-5-4-6-18(10-16)27(35)36/h4-6,8-14H,2-3,7,15H2,1H3,(H,35,36). The molecular formula is C27H22BrCl2N3O4. The molecule has 0 atom stereocenters. The number of aromatic carboxylic acids is 1. The number of rotatable bonds is 9. The van der Waals surface area contributed by atoms with Crippen LogP contribution in [0.5, 0.6) is 5.75 Å². The Labute approximate surface area is 231 Å². The highest BCUT2D eigenvalue weighted by molar-refractivity contribution is 9.10. The second-order valence-corrected chi connectivity index (χ2v) is 9.99. The number of hydrogen-bond donors (Lipinski definition) is 1. The van der Waals surface area contributed by atoms with E-state index in [1.807, 2.05) is 6.07 Å². The Morgan fingerprint density at radius 1 is 1.16 bits per heavy atom. The van der Waals surface area contributed by atoms with E-state index in [9.17, 15) is 9.59 Å². The van der Waals surface area contributed by atoms with Gasteiger partial charge in [-0.1, -0.05) is 64.6 Å². The molecule has 190 valence electrons. The third-order valence-corrected chi connectivity index (χ3v) is 6.58. The van der Waals surface area contributed by atoms with E-state index in [4.69, 9.17) is 33.0 Å². The molecule has 0 radical (unpaired) electrons. The van der Waals surface area contributed by atoms with Crippen molar-refractivity contribution in [2.45, 2.75) is 32.8 Å². The molecule has 0 aliphatic rings. The number of carbonyl (C=O) groups is 1. The van der Waals surface area contributed by atoms with Gasteiger partial charge in [0.15, 0.2) is 5.75 Å². The van der Waals surface area contributed by atoms with Crippen molar-refractivity contribution >= 4 is 62.2 Å². The van der Waals surface area contributed by atoms with Gasteiger partial charge in [0.2, 0.25) is 0 Å². The van der Waals surface area contributed by atoms with Crippen molar-refractivity contribution in [3.63, 3.8) is 0 Å². The summed E-state index contributed by atoms with van der Waals surface area (Å²) in [6.07, 6.45) is 3.92. The van der Waals surface area contributed by atoms with Gasteiger partial charge in [0.05, 0.1) is 32.7 Å². The molecule has 37 heavy (non-hydrogen) atoms. The lowest BCUT2D eigenvalue weighted by Gasteiger charge is -2.12. The molecule has 0 saturated carbocycles. The van der Waals surface area contributed by atoms with Crippen LogP contribution in [0.1, 0.15) is 47.1 Å². The molecule has 0 bridgehead atoms. The van der Waals surface area contributed by atoms with E-state index in [2.05, 4.69) is 32.9 Å². The number of halogens is 3. The molecule has 1 heterocycles. The number of benzene rings is 3. The van der Waals surface area contributed by atoms with Crippen LogP contribution >= 0.6 is 39.1 Å². The van der Waals surface area contributed by atoms with Crippen molar-refractivity contribution in [2.75, 3.05) is 0 Å². The molecule has 4 rings (SSSR count). The topological polar surface area (TPSA) is 93.8 Å². The highest BCUT2D eigenvalue weighted by atomic mass is 79.9. The summed E-state index contributed by atoms with van der Waals surface area (Å²) in [5, 5.41) is 14.6. The molecule has 10 heteroatoms. The third kappa shape index (κ3) is 6.39. The highest BCUT2D eigenvalue weighted by Gasteiger charge is 2.13. The zero-order valence-electron chi connectivity index (χ0n) is 19.7. The number of unbranched alkanes of at least 4 members (excludes halogenated alkanes) is 1. The Balaban J connectivity index is 1.62. The zero-order chi connectivity index (χ0) is 26.5. The zero-order valence-corrected chi connectivity index (χ0v) is 22.8. The van der Waals surface area contributed by atoms with Crippen LogP contribution in [-0.2, 0) is 13.0 Å². The fraction of sp³-hybridized carbons (Fsp3) is 0.185. The van der Waals surface area contributed by atoms with Crippen molar-refractivity contribution < 1.29 is 14.6 Å². The molecule has 0 aliphatic heterocycles. The second-order valence-electron chi connectivity index (χ2n) is 8.26. The lowest BCUT2D eigenvalue weighted by Crippen LogP contribution is -2.22. The summed E-state index contributed by atoms with van der Waals surface area (Å²) in [4.78, 5) is 29.1. The Morgan fingerprint density at radius 2 is 1.92 bits per heavy atom. The van der Waals surface area contributed by atoms with E-state index >= 15 is 0 Å². The molecule has 0 saturated heterocycles. The first-order chi connectivity index (χ1) is 17.8.